The predicted octanol–water partition coefficient (Wildman–Crippen LogP) is 6.64. The number of likely N-dealkylation sites (N-methyl/N-ethyl adjacent to an activating group) is 1. The molecule has 0 aliphatic heterocycles. The second kappa shape index (κ2) is 10.4. The molecule has 0 radical (unpaired) electrons. The number of alkyl halides is 3. The van der Waals surface area contributed by atoms with Gasteiger partial charge in [-0.3, -0.25) is 4.79 Å². The minimum absolute atomic E-state index is 0.0258. The maximum Gasteiger partial charge on any atom is 0.416 e. The maximum atomic E-state index is 13.3. The molecule has 0 saturated heterocycles. The van der Waals surface area contributed by atoms with Crippen LogP contribution < -0.4 is 14.8 Å². The molecule has 4 rings (SSSR count). The van der Waals surface area contributed by atoms with Gasteiger partial charge in [-0.05, 0) is 61.1 Å². The van der Waals surface area contributed by atoms with Crippen LogP contribution in [0.25, 0.3) is 10.1 Å². The van der Waals surface area contributed by atoms with Crippen molar-refractivity contribution in [3.8, 4) is 23.0 Å². The molecular formula is C26H22F3NO4S. The van der Waals surface area contributed by atoms with Crippen LogP contribution in [0, 0.1) is 0 Å². The van der Waals surface area contributed by atoms with Gasteiger partial charge in [0, 0.05) is 22.2 Å². The lowest BCUT2D eigenvalue weighted by molar-refractivity contribution is -0.137. The van der Waals surface area contributed by atoms with Gasteiger partial charge in [0.05, 0.1) is 5.56 Å². The van der Waals surface area contributed by atoms with Crippen LogP contribution in [0.5, 0.6) is 23.0 Å². The molecule has 1 heterocycles. The molecule has 1 aromatic heterocycles. The van der Waals surface area contributed by atoms with Gasteiger partial charge < -0.3 is 19.9 Å². The molecule has 4 aromatic rings. The highest BCUT2D eigenvalue weighted by Crippen LogP contribution is 2.43. The third-order valence-electron chi connectivity index (χ3n) is 5.15. The zero-order valence-corrected chi connectivity index (χ0v) is 19.5. The van der Waals surface area contributed by atoms with Crippen LogP contribution in [0.2, 0.25) is 0 Å². The van der Waals surface area contributed by atoms with E-state index in [1.54, 1.807) is 30.3 Å². The summed E-state index contributed by atoms with van der Waals surface area (Å²) in [5, 5.41) is 13.6. The van der Waals surface area contributed by atoms with Gasteiger partial charge >= 0.3 is 6.18 Å². The summed E-state index contributed by atoms with van der Waals surface area (Å²) in [6.07, 6.45) is -4.49. The van der Waals surface area contributed by atoms with E-state index in [2.05, 4.69) is 5.32 Å². The van der Waals surface area contributed by atoms with Crippen molar-refractivity contribution in [2.24, 2.45) is 0 Å². The van der Waals surface area contributed by atoms with Gasteiger partial charge in [-0.15, -0.1) is 11.3 Å². The van der Waals surface area contributed by atoms with Crippen LogP contribution >= 0.6 is 11.3 Å². The number of phenols is 1. The Morgan fingerprint density at radius 3 is 2.34 bits per heavy atom. The SMILES string of the molecule is CCNCCOc1ccc(Oc2c(C(=O)c3ccc(C(F)(F)F)cc3)sc3cc(O)ccc23)cc1. The Morgan fingerprint density at radius 1 is 1.00 bits per heavy atom. The van der Waals surface area contributed by atoms with Crippen molar-refractivity contribution in [3.63, 3.8) is 0 Å². The minimum Gasteiger partial charge on any atom is -0.508 e. The number of carbonyl (C=O) groups excluding carboxylic acids is 1. The summed E-state index contributed by atoms with van der Waals surface area (Å²) < 4.78 is 51.1. The molecule has 2 N–H and O–H groups in total. The Bertz CT molecular complexity index is 1320. The third kappa shape index (κ3) is 5.75. The Hall–Kier alpha value is -3.56. The van der Waals surface area contributed by atoms with Crippen LogP contribution in [-0.2, 0) is 6.18 Å². The van der Waals surface area contributed by atoms with Crippen LogP contribution in [0.1, 0.15) is 27.7 Å². The van der Waals surface area contributed by atoms with Gasteiger partial charge in [0.1, 0.15) is 28.7 Å². The number of halogens is 3. The van der Waals surface area contributed by atoms with Crippen molar-refractivity contribution in [1.82, 2.24) is 5.32 Å². The Labute approximate surface area is 203 Å². The number of rotatable bonds is 9. The minimum atomic E-state index is -4.49. The van der Waals surface area contributed by atoms with E-state index in [1.807, 2.05) is 6.92 Å². The van der Waals surface area contributed by atoms with E-state index < -0.39 is 17.5 Å². The largest absolute Gasteiger partial charge is 0.508 e. The highest BCUT2D eigenvalue weighted by atomic mass is 32.1. The third-order valence-corrected chi connectivity index (χ3v) is 6.28. The zero-order valence-electron chi connectivity index (χ0n) is 18.7. The number of hydrogen-bond donors (Lipinski definition) is 2. The number of ether oxygens (including phenoxy) is 2. The molecule has 3 aromatic carbocycles. The van der Waals surface area contributed by atoms with E-state index in [1.165, 1.54) is 12.1 Å². The molecule has 0 saturated carbocycles. The first-order valence-electron chi connectivity index (χ1n) is 10.8. The van der Waals surface area contributed by atoms with Crippen molar-refractivity contribution in [1.29, 1.82) is 0 Å². The summed E-state index contributed by atoms with van der Waals surface area (Å²) in [5.74, 6) is 0.945. The highest BCUT2D eigenvalue weighted by molar-refractivity contribution is 7.21. The van der Waals surface area contributed by atoms with Crippen molar-refractivity contribution < 1.29 is 32.5 Å². The number of carbonyl (C=O) groups is 1. The van der Waals surface area contributed by atoms with E-state index in [-0.39, 0.29) is 21.9 Å². The van der Waals surface area contributed by atoms with Gasteiger partial charge in [-0.1, -0.05) is 19.1 Å². The zero-order chi connectivity index (χ0) is 25.0. The average Bonchev–Trinajstić information content (AvgIpc) is 3.19. The second-order valence-corrected chi connectivity index (χ2v) is 8.67. The van der Waals surface area contributed by atoms with Gasteiger partial charge in [0.2, 0.25) is 5.78 Å². The summed E-state index contributed by atoms with van der Waals surface area (Å²) in [7, 11) is 0. The highest BCUT2D eigenvalue weighted by Gasteiger charge is 2.30. The number of hydrogen-bond acceptors (Lipinski definition) is 6. The van der Waals surface area contributed by atoms with Crippen molar-refractivity contribution >= 4 is 27.2 Å². The molecule has 0 aliphatic rings. The number of aromatic hydroxyl groups is 1. The molecule has 0 amide bonds. The van der Waals surface area contributed by atoms with E-state index in [4.69, 9.17) is 9.47 Å². The van der Waals surface area contributed by atoms with E-state index in [0.717, 1.165) is 48.7 Å². The summed E-state index contributed by atoms with van der Waals surface area (Å²) >= 11 is 1.10. The lowest BCUT2D eigenvalue weighted by atomic mass is 10.1. The molecule has 5 nitrogen and oxygen atoms in total. The quantitative estimate of drug-likeness (QED) is 0.199. The normalized spacial score (nSPS) is 11.5. The Morgan fingerprint density at radius 2 is 1.69 bits per heavy atom. The molecule has 0 spiro atoms. The van der Waals surface area contributed by atoms with Crippen LogP contribution in [0.4, 0.5) is 13.2 Å². The summed E-state index contributed by atoms with van der Waals surface area (Å²) in [4.78, 5) is 13.5. The first-order valence-corrected chi connectivity index (χ1v) is 11.7. The van der Waals surface area contributed by atoms with Crippen molar-refractivity contribution in [3.05, 3.63) is 82.7 Å². The Kier molecular flexibility index (Phi) is 7.28. The lowest BCUT2D eigenvalue weighted by Gasteiger charge is -2.10. The van der Waals surface area contributed by atoms with E-state index in [0.29, 0.717) is 28.2 Å². The molecule has 0 atom stereocenters. The van der Waals surface area contributed by atoms with Gasteiger partial charge in [-0.25, -0.2) is 0 Å². The van der Waals surface area contributed by atoms with Gasteiger partial charge in [-0.2, -0.15) is 13.2 Å². The number of ketones is 1. The van der Waals surface area contributed by atoms with Crippen LogP contribution in [0.15, 0.2) is 66.7 Å². The standard InChI is InChI=1S/C26H22F3NO4S/c1-2-30-13-14-33-19-8-10-20(11-9-19)34-24-21-12-7-18(31)15-22(21)35-25(24)23(32)16-3-5-17(6-4-16)26(27,28)29/h3-12,15,30-31H,2,13-14H2,1H3. The predicted molar refractivity (Wildman–Crippen MR) is 129 cm³/mol. The Balaban J connectivity index is 1.63. The van der Waals surface area contributed by atoms with Crippen LogP contribution in [0.3, 0.4) is 0 Å². The molecule has 0 bridgehead atoms. The van der Waals surface area contributed by atoms with Gasteiger partial charge in [0.25, 0.3) is 0 Å². The summed E-state index contributed by atoms with van der Waals surface area (Å²) in [6.45, 7) is 4.10. The molecule has 0 fully saturated rings. The molecular weight excluding hydrogens is 479 g/mol. The molecule has 0 unspecified atom stereocenters. The van der Waals surface area contributed by atoms with E-state index >= 15 is 0 Å². The summed E-state index contributed by atoms with van der Waals surface area (Å²) in [5.41, 5.74) is -0.734. The van der Waals surface area contributed by atoms with Crippen molar-refractivity contribution in [2.75, 3.05) is 19.7 Å². The monoisotopic (exact) mass is 501 g/mol. The first-order chi connectivity index (χ1) is 16.8. The molecule has 182 valence electrons. The fraction of sp³-hybridized carbons (Fsp3) is 0.192. The average molecular weight is 502 g/mol. The number of nitrogens with one attached hydrogen (secondary N) is 1. The topological polar surface area (TPSA) is 67.8 Å². The van der Waals surface area contributed by atoms with Crippen LogP contribution in [-0.4, -0.2) is 30.6 Å². The van der Waals surface area contributed by atoms with Gasteiger partial charge in [0.15, 0.2) is 5.75 Å². The molecule has 9 heteroatoms. The number of fused-ring (bicyclic) bond motifs is 1. The van der Waals surface area contributed by atoms with E-state index in [9.17, 15) is 23.1 Å². The number of benzene rings is 3. The molecule has 35 heavy (non-hydrogen) atoms. The maximum absolute atomic E-state index is 13.3. The fourth-order valence-electron chi connectivity index (χ4n) is 3.39. The smallest absolute Gasteiger partial charge is 0.416 e. The summed E-state index contributed by atoms with van der Waals surface area (Å²) in [6, 6.07) is 15.6. The first kappa shape index (κ1) is 24.6. The fourth-order valence-corrected chi connectivity index (χ4v) is 4.52. The number of phenolic OH excluding ortho intramolecular Hbond substituents is 1. The van der Waals surface area contributed by atoms with Crippen molar-refractivity contribution in [2.45, 2.75) is 13.1 Å². The lowest BCUT2D eigenvalue weighted by Crippen LogP contribution is -2.20. The molecule has 0 aliphatic carbocycles. The second-order valence-electron chi connectivity index (χ2n) is 7.62. The number of thiophene rings is 1.